The van der Waals surface area contributed by atoms with Crippen molar-refractivity contribution in [3.63, 3.8) is 0 Å². The highest BCUT2D eigenvalue weighted by Crippen LogP contribution is 2.28. The summed E-state index contributed by atoms with van der Waals surface area (Å²) in [6, 6.07) is -3.69. The van der Waals surface area contributed by atoms with Gasteiger partial charge in [-0.25, -0.2) is 9.29 Å². The Labute approximate surface area is 80.5 Å². The molecule has 0 aromatic heterocycles. The summed E-state index contributed by atoms with van der Waals surface area (Å²) >= 11 is 4.71. The molecule has 0 rings (SSSR count). The Kier molecular flexibility index (Phi) is 5.10. The van der Waals surface area contributed by atoms with Gasteiger partial charge in [0, 0.05) is 13.1 Å². The molecule has 13 heavy (non-hydrogen) atoms. The molecule has 0 spiro atoms. The Morgan fingerprint density at radius 3 is 1.92 bits per heavy atom. The molecule has 0 heterocycles. The molecule has 76 valence electrons. The molecule has 0 radical (unpaired) electrons. The summed E-state index contributed by atoms with van der Waals surface area (Å²) < 4.78 is 38.1. The van der Waals surface area contributed by atoms with E-state index in [2.05, 4.69) is 13.2 Å². The molecule has 0 aliphatic heterocycles. The van der Waals surface area contributed by atoms with Crippen LogP contribution >= 0.6 is 11.6 Å². The fourth-order valence-electron chi connectivity index (χ4n) is 0.768. The Morgan fingerprint density at radius 1 is 1.31 bits per heavy atom. The summed E-state index contributed by atoms with van der Waals surface area (Å²) in [6.45, 7) is 6.27. The second-order valence-electron chi connectivity index (χ2n) is 2.37. The van der Waals surface area contributed by atoms with Crippen LogP contribution in [0.15, 0.2) is 25.3 Å². The van der Waals surface area contributed by atoms with Crippen molar-refractivity contribution in [2.75, 3.05) is 13.1 Å². The summed E-state index contributed by atoms with van der Waals surface area (Å²) in [5.74, 6) is 0. The van der Waals surface area contributed by atoms with Crippen molar-refractivity contribution >= 4 is 11.6 Å². The molecule has 1 nitrogen and oxygen atoms in total. The molecule has 0 aromatic rings. The largest absolute Gasteiger partial charge is 0.350 e. The van der Waals surface area contributed by atoms with Crippen molar-refractivity contribution in [3.8, 4) is 0 Å². The summed E-state index contributed by atoms with van der Waals surface area (Å²) in [4.78, 5) is 0.546. The molecule has 0 saturated carbocycles. The minimum Gasteiger partial charge on any atom is -0.234 e. The minimum atomic E-state index is -3.69. The maximum absolute atomic E-state index is 12.9. The van der Waals surface area contributed by atoms with E-state index in [0.29, 0.717) is 4.90 Å². The third kappa shape index (κ3) is 3.40. The third-order valence-corrected chi connectivity index (χ3v) is 1.65. The fourth-order valence-corrected chi connectivity index (χ4v) is 0.906. The second-order valence-corrected chi connectivity index (χ2v) is 2.75. The van der Waals surface area contributed by atoms with E-state index in [1.54, 1.807) is 0 Å². The monoisotopic (exact) mass is 213 g/mol. The number of hydrogen-bond acceptors (Lipinski definition) is 1. The standard InChI is InChI=1S/C8H11ClF3N/c1-3-5-13(6-4-2)8(11,12)7(9)10/h3-4,7H,1-2,5-6H2. The Hall–Kier alpha value is -0.480. The highest BCUT2D eigenvalue weighted by Gasteiger charge is 2.44. The first kappa shape index (κ1) is 12.5. The molecule has 1 atom stereocenters. The molecule has 0 aliphatic carbocycles. The maximum Gasteiger partial charge on any atom is 0.350 e. The van der Waals surface area contributed by atoms with Crippen LogP contribution in [0.1, 0.15) is 0 Å². The predicted molar refractivity (Wildman–Crippen MR) is 47.7 cm³/mol. The molecule has 0 fully saturated rings. The van der Waals surface area contributed by atoms with Gasteiger partial charge in [-0.3, -0.25) is 0 Å². The molecule has 1 unspecified atom stereocenters. The second kappa shape index (κ2) is 5.29. The fraction of sp³-hybridized carbons (Fsp3) is 0.500. The van der Waals surface area contributed by atoms with E-state index < -0.39 is 11.7 Å². The van der Waals surface area contributed by atoms with E-state index in [0.717, 1.165) is 0 Å². The van der Waals surface area contributed by atoms with Gasteiger partial charge in [0.1, 0.15) is 0 Å². The molecule has 0 amide bonds. The van der Waals surface area contributed by atoms with Crippen LogP contribution < -0.4 is 0 Å². The lowest BCUT2D eigenvalue weighted by Gasteiger charge is -2.28. The zero-order valence-electron chi connectivity index (χ0n) is 7.02. The van der Waals surface area contributed by atoms with Crippen LogP contribution in [-0.4, -0.2) is 29.7 Å². The number of halogens is 4. The zero-order chi connectivity index (χ0) is 10.5. The van der Waals surface area contributed by atoms with Gasteiger partial charge in [-0.2, -0.15) is 8.78 Å². The van der Waals surface area contributed by atoms with E-state index in [4.69, 9.17) is 11.6 Å². The lowest BCUT2D eigenvalue weighted by Crippen LogP contribution is -2.46. The van der Waals surface area contributed by atoms with Crippen LogP contribution in [0.4, 0.5) is 13.2 Å². The Morgan fingerprint density at radius 2 is 1.69 bits per heavy atom. The van der Waals surface area contributed by atoms with Crippen molar-refractivity contribution in [1.29, 1.82) is 0 Å². The van der Waals surface area contributed by atoms with Crippen molar-refractivity contribution < 1.29 is 13.2 Å². The van der Waals surface area contributed by atoms with Crippen molar-refractivity contribution in [2.45, 2.75) is 11.7 Å². The van der Waals surface area contributed by atoms with Crippen LogP contribution in [0.5, 0.6) is 0 Å². The molecular weight excluding hydrogens is 203 g/mol. The smallest absolute Gasteiger partial charge is 0.234 e. The van der Waals surface area contributed by atoms with Crippen molar-refractivity contribution in [1.82, 2.24) is 4.90 Å². The van der Waals surface area contributed by atoms with Gasteiger partial charge in [0.15, 0.2) is 0 Å². The van der Waals surface area contributed by atoms with E-state index in [1.807, 2.05) is 0 Å². The zero-order valence-corrected chi connectivity index (χ0v) is 7.78. The Balaban J connectivity index is 4.49. The highest BCUT2D eigenvalue weighted by atomic mass is 35.5. The molecule has 0 aromatic carbocycles. The first-order valence-corrected chi connectivity index (χ1v) is 4.03. The predicted octanol–water partition coefficient (Wildman–Crippen LogP) is 2.79. The highest BCUT2D eigenvalue weighted by molar-refractivity contribution is 6.20. The molecule has 5 heteroatoms. The van der Waals surface area contributed by atoms with Gasteiger partial charge in [0.25, 0.3) is 5.63 Å². The Bertz CT molecular complexity index is 172. The summed E-state index contributed by atoms with van der Waals surface area (Å²) in [5, 5.41) is 0. The van der Waals surface area contributed by atoms with Gasteiger partial charge in [-0.15, -0.1) is 13.2 Å². The number of rotatable bonds is 6. The van der Waals surface area contributed by atoms with Crippen LogP contribution in [0, 0.1) is 0 Å². The molecule has 0 bridgehead atoms. The molecule has 0 N–H and O–H groups in total. The first-order valence-electron chi connectivity index (χ1n) is 3.59. The van der Waals surface area contributed by atoms with Crippen LogP contribution in [0.25, 0.3) is 0 Å². The first-order chi connectivity index (χ1) is 5.96. The van der Waals surface area contributed by atoms with Crippen LogP contribution in [0.3, 0.4) is 0 Å². The summed E-state index contributed by atoms with van der Waals surface area (Å²) in [6.07, 6.45) is 2.49. The molecule has 0 saturated heterocycles. The van der Waals surface area contributed by atoms with E-state index in [9.17, 15) is 13.2 Å². The van der Waals surface area contributed by atoms with Crippen LogP contribution in [0.2, 0.25) is 0 Å². The lowest BCUT2D eigenvalue weighted by atomic mass is 10.4. The van der Waals surface area contributed by atoms with E-state index >= 15 is 0 Å². The SMILES string of the molecule is C=CCN(CC=C)C(F)(F)C(F)Cl. The number of nitrogens with zero attached hydrogens (tertiary/aromatic N) is 1. The van der Waals surface area contributed by atoms with Crippen molar-refractivity contribution in [3.05, 3.63) is 25.3 Å². The number of hydrogen-bond donors (Lipinski definition) is 0. The quantitative estimate of drug-likeness (QED) is 0.373. The maximum atomic E-state index is 12.9. The third-order valence-electron chi connectivity index (χ3n) is 1.38. The summed E-state index contributed by atoms with van der Waals surface area (Å²) in [7, 11) is 0. The van der Waals surface area contributed by atoms with Crippen molar-refractivity contribution in [2.24, 2.45) is 0 Å². The topological polar surface area (TPSA) is 3.24 Å². The summed E-state index contributed by atoms with van der Waals surface area (Å²) in [5.41, 5.74) is -2.73. The molecule has 0 aliphatic rings. The average Bonchev–Trinajstić information content (AvgIpc) is 2.03. The van der Waals surface area contributed by atoms with E-state index in [-0.39, 0.29) is 13.1 Å². The van der Waals surface area contributed by atoms with E-state index in [1.165, 1.54) is 12.2 Å². The van der Waals surface area contributed by atoms with Gasteiger partial charge in [-0.05, 0) is 0 Å². The normalized spacial score (nSPS) is 14.2. The lowest BCUT2D eigenvalue weighted by molar-refractivity contribution is -0.162. The van der Waals surface area contributed by atoms with Gasteiger partial charge in [0.2, 0.25) is 0 Å². The number of alkyl halides is 4. The minimum absolute atomic E-state index is 0.147. The van der Waals surface area contributed by atoms with Gasteiger partial charge < -0.3 is 0 Å². The average molecular weight is 214 g/mol. The van der Waals surface area contributed by atoms with Crippen LogP contribution in [-0.2, 0) is 0 Å². The van der Waals surface area contributed by atoms with Gasteiger partial charge in [0.05, 0.1) is 0 Å². The van der Waals surface area contributed by atoms with Gasteiger partial charge in [-0.1, -0.05) is 23.8 Å². The molecular formula is C8H11ClF3N. The van der Waals surface area contributed by atoms with Gasteiger partial charge >= 0.3 is 6.05 Å².